The maximum Gasteiger partial charge on any atom is 0.272 e. The summed E-state index contributed by atoms with van der Waals surface area (Å²) >= 11 is 0. The first-order valence-corrected chi connectivity index (χ1v) is 7.76. The van der Waals surface area contributed by atoms with E-state index in [0.717, 1.165) is 6.42 Å². The number of carbonyl (C=O) groups excluding carboxylic acids is 1. The summed E-state index contributed by atoms with van der Waals surface area (Å²) in [6, 6.07) is 7.15. The van der Waals surface area contributed by atoms with E-state index in [2.05, 4.69) is 25.8 Å². The predicted octanol–water partition coefficient (Wildman–Crippen LogP) is 0.825. The van der Waals surface area contributed by atoms with E-state index < -0.39 is 5.92 Å². The highest BCUT2D eigenvalue weighted by molar-refractivity contribution is 5.90. The molecule has 24 heavy (non-hydrogen) atoms. The second-order valence-corrected chi connectivity index (χ2v) is 5.52. The smallest absolute Gasteiger partial charge is 0.272 e. The van der Waals surface area contributed by atoms with Crippen LogP contribution >= 0.6 is 0 Å². The summed E-state index contributed by atoms with van der Waals surface area (Å²) < 4.78 is 1.71. The molecule has 0 radical (unpaired) electrons. The second-order valence-electron chi connectivity index (χ2n) is 5.52. The number of hydrogen-bond donors (Lipinski definition) is 2. The fourth-order valence-corrected chi connectivity index (χ4v) is 2.55. The standard InChI is InChI=1S/C16H18N6O2/c1-11(15(23)17-7-4-9-22-10-8-18-21-22)14-12-5-2-3-6-13(12)16(24)20-19-14/h2-3,5-6,8,10-11H,4,7,9H2,1H3,(H,17,23)(H,20,24)/t11-/m0/s1. The van der Waals surface area contributed by atoms with E-state index in [0.29, 0.717) is 29.6 Å². The van der Waals surface area contributed by atoms with Gasteiger partial charge in [-0.15, -0.1) is 5.10 Å². The van der Waals surface area contributed by atoms with Crippen LogP contribution in [0, 0.1) is 0 Å². The Kier molecular flexibility index (Phi) is 4.64. The molecule has 1 aromatic carbocycles. The number of aryl methyl sites for hydroxylation is 1. The number of hydrogen-bond acceptors (Lipinski definition) is 5. The van der Waals surface area contributed by atoms with Gasteiger partial charge in [-0.05, 0) is 19.4 Å². The van der Waals surface area contributed by atoms with Gasteiger partial charge < -0.3 is 5.32 Å². The van der Waals surface area contributed by atoms with Crippen LogP contribution in [0.4, 0.5) is 0 Å². The Morgan fingerprint density at radius 2 is 2.12 bits per heavy atom. The van der Waals surface area contributed by atoms with E-state index in [-0.39, 0.29) is 11.5 Å². The minimum Gasteiger partial charge on any atom is -0.355 e. The van der Waals surface area contributed by atoms with Crippen LogP contribution in [0.2, 0.25) is 0 Å². The quantitative estimate of drug-likeness (QED) is 0.653. The molecule has 0 aliphatic rings. The Bertz CT molecular complexity index is 887. The van der Waals surface area contributed by atoms with Crippen LogP contribution in [0.25, 0.3) is 10.8 Å². The first-order chi connectivity index (χ1) is 11.7. The molecule has 8 nitrogen and oxygen atoms in total. The first-order valence-electron chi connectivity index (χ1n) is 7.76. The number of rotatable bonds is 6. The number of carbonyl (C=O) groups is 1. The van der Waals surface area contributed by atoms with Gasteiger partial charge in [0.2, 0.25) is 5.91 Å². The van der Waals surface area contributed by atoms with Gasteiger partial charge in [0.25, 0.3) is 5.56 Å². The average Bonchev–Trinajstić information content (AvgIpc) is 3.12. The van der Waals surface area contributed by atoms with Crippen LogP contribution in [0.3, 0.4) is 0 Å². The molecule has 0 saturated heterocycles. The highest BCUT2D eigenvalue weighted by atomic mass is 16.2. The number of aromatic amines is 1. The normalized spacial score (nSPS) is 12.2. The van der Waals surface area contributed by atoms with Gasteiger partial charge >= 0.3 is 0 Å². The molecule has 0 fully saturated rings. The highest BCUT2D eigenvalue weighted by Crippen LogP contribution is 2.20. The zero-order valence-corrected chi connectivity index (χ0v) is 13.3. The van der Waals surface area contributed by atoms with Crippen molar-refractivity contribution in [3.8, 4) is 0 Å². The van der Waals surface area contributed by atoms with E-state index in [4.69, 9.17) is 0 Å². The van der Waals surface area contributed by atoms with Crippen LogP contribution in [0.1, 0.15) is 25.0 Å². The number of nitrogens with one attached hydrogen (secondary N) is 2. The van der Waals surface area contributed by atoms with Crippen LogP contribution in [0.5, 0.6) is 0 Å². The van der Waals surface area contributed by atoms with E-state index >= 15 is 0 Å². The summed E-state index contributed by atoms with van der Waals surface area (Å²) in [6.45, 7) is 3.00. The molecule has 0 unspecified atom stereocenters. The van der Waals surface area contributed by atoms with Gasteiger partial charge in [-0.3, -0.25) is 14.3 Å². The minimum absolute atomic E-state index is 0.127. The third-order valence-corrected chi connectivity index (χ3v) is 3.86. The van der Waals surface area contributed by atoms with Crippen molar-refractivity contribution in [2.75, 3.05) is 6.54 Å². The summed E-state index contributed by atoms with van der Waals surface area (Å²) in [5.41, 5.74) is 0.314. The minimum atomic E-state index is -0.460. The molecule has 0 spiro atoms. The van der Waals surface area contributed by atoms with Crippen molar-refractivity contribution in [1.82, 2.24) is 30.5 Å². The molecule has 3 rings (SSSR count). The lowest BCUT2D eigenvalue weighted by Gasteiger charge is -2.13. The lowest BCUT2D eigenvalue weighted by Crippen LogP contribution is -2.30. The Morgan fingerprint density at radius 3 is 2.88 bits per heavy atom. The maximum atomic E-state index is 12.4. The van der Waals surface area contributed by atoms with Gasteiger partial charge in [-0.1, -0.05) is 23.4 Å². The topological polar surface area (TPSA) is 106 Å². The number of benzene rings is 1. The van der Waals surface area contributed by atoms with Crippen molar-refractivity contribution < 1.29 is 4.79 Å². The van der Waals surface area contributed by atoms with E-state index in [1.165, 1.54) is 0 Å². The molecule has 0 aliphatic carbocycles. The van der Waals surface area contributed by atoms with Crippen molar-refractivity contribution in [3.63, 3.8) is 0 Å². The fraction of sp³-hybridized carbons (Fsp3) is 0.312. The second kappa shape index (κ2) is 7.03. The molecule has 0 bridgehead atoms. The molecular formula is C16H18N6O2. The molecule has 124 valence electrons. The largest absolute Gasteiger partial charge is 0.355 e. The zero-order valence-electron chi connectivity index (χ0n) is 13.3. The van der Waals surface area contributed by atoms with Crippen molar-refractivity contribution in [1.29, 1.82) is 0 Å². The summed E-state index contributed by atoms with van der Waals surface area (Å²) in [4.78, 5) is 24.2. The van der Waals surface area contributed by atoms with Crippen molar-refractivity contribution >= 4 is 16.7 Å². The Hall–Kier alpha value is -3.03. The number of H-pyrrole nitrogens is 1. The first kappa shape index (κ1) is 15.9. The van der Waals surface area contributed by atoms with Crippen molar-refractivity contribution in [2.45, 2.75) is 25.8 Å². The Morgan fingerprint density at radius 1 is 1.33 bits per heavy atom. The summed E-state index contributed by atoms with van der Waals surface area (Å²) in [6.07, 6.45) is 4.15. The molecular weight excluding hydrogens is 308 g/mol. The molecule has 2 N–H and O–H groups in total. The van der Waals surface area contributed by atoms with Crippen LogP contribution in [0.15, 0.2) is 41.5 Å². The van der Waals surface area contributed by atoms with Gasteiger partial charge in [0.05, 0.1) is 23.2 Å². The summed E-state index contributed by atoms with van der Waals surface area (Å²) in [5, 5.41) is 18.3. The van der Waals surface area contributed by atoms with Gasteiger partial charge in [-0.2, -0.15) is 5.10 Å². The van der Waals surface area contributed by atoms with Gasteiger partial charge in [0, 0.05) is 24.7 Å². The van der Waals surface area contributed by atoms with Gasteiger partial charge in [0.15, 0.2) is 0 Å². The van der Waals surface area contributed by atoms with Gasteiger partial charge in [-0.25, -0.2) is 5.10 Å². The number of fused-ring (bicyclic) bond motifs is 1. The maximum absolute atomic E-state index is 12.4. The van der Waals surface area contributed by atoms with Crippen LogP contribution in [-0.4, -0.2) is 37.6 Å². The Labute approximate surface area is 137 Å². The van der Waals surface area contributed by atoms with Crippen LogP contribution in [-0.2, 0) is 11.3 Å². The van der Waals surface area contributed by atoms with Crippen molar-refractivity contribution in [3.05, 3.63) is 52.7 Å². The third kappa shape index (κ3) is 3.32. The van der Waals surface area contributed by atoms with E-state index in [1.807, 2.05) is 6.07 Å². The fourth-order valence-electron chi connectivity index (χ4n) is 2.55. The molecule has 3 aromatic rings. The van der Waals surface area contributed by atoms with Crippen LogP contribution < -0.4 is 10.9 Å². The molecule has 8 heteroatoms. The molecule has 0 saturated carbocycles. The Balaban J connectivity index is 1.65. The third-order valence-electron chi connectivity index (χ3n) is 3.86. The van der Waals surface area contributed by atoms with Gasteiger partial charge in [0.1, 0.15) is 0 Å². The number of nitrogens with zero attached hydrogens (tertiary/aromatic N) is 4. The lowest BCUT2D eigenvalue weighted by atomic mass is 10.0. The molecule has 2 heterocycles. The van der Waals surface area contributed by atoms with Crippen molar-refractivity contribution in [2.24, 2.45) is 0 Å². The number of aromatic nitrogens is 5. The zero-order chi connectivity index (χ0) is 16.9. The molecule has 0 aliphatic heterocycles. The lowest BCUT2D eigenvalue weighted by molar-refractivity contribution is -0.122. The highest BCUT2D eigenvalue weighted by Gasteiger charge is 2.19. The average molecular weight is 326 g/mol. The number of amides is 1. The molecule has 1 atom stereocenters. The predicted molar refractivity (Wildman–Crippen MR) is 88.4 cm³/mol. The SMILES string of the molecule is C[C@H](C(=O)NCCCn1ccnn1)c1n[nH]c(=O)c2ccccc12. The molecule has 1 amide bonds. The monoisotopic (exact) mass is 326 g/mol. The molecule has 2 aromatic heterocycles. The van der Waals surface area contributed by atoms with E-state index in [1.54, 1.807) is 42.2 Å². The summed E-state index contributed by atoms with van der Waals surface area (Å²) in [5.74, 6) is -0.587. The summed E-state index contributed by atoms with van der Waals surface area (Å²) in [7, 11) is 0. The van der Waals surface area contributed by atoms with E-state index in [9.17, 15) is 9.59 Å².